The number of sulfonamides is 1. The van der Waals surface area contributed by atoms with Crippen molar-refractivity contribution in [3.05, 3.63) is 70.3 Å². The van der Waals surface area contributed by atoms with E-state index in [1.54, 1.807) is 12.1 Å². The first-order valence-corrected chi connectivity index (χ1v) is 17.8. The van der Waals surface area contributed by atoms with E-state index >= 15 is 0 Å². The summed E-state index contributed by atoms with van der Waals surface area (Å²) in [6, 6.07) is 12.9. The quantitative estimate of drug-likeness (QED) is 0.0787. The van der Waals surface area contributed by atoms with Crippen molar-refractivity contribution in [3.8, 4) is 5.75 Å². The molecule has 2 aliphatic heterocycles. The Morgan fingerprint density at radius 2 is 1.86 bits per heavy atom. The van der Waals surface area contributed by atoms with Gasteiger partial charge in [0.25, 0.3) is 0 Å². The zero-order valence-corrected chi connectivity index (χ0v) is 29.5. The summed E-state index contributed by atoms with van der Waals surface area (Å²) in [6.07, 6.45) is -2.03. The Balaban J connectivity index is 1.65. The zero-order valence-electron chi connectivity index (χ0n) is 28.7. The Morgan fingerprint density at radius 3 is 2.48 bits per heavy atom. The van der Waals surface area contributed by atoms with Crippen molar-refractivity contribution >= 4 is 22.1 Å². The zero-order chi connectivity index (χ0) is 36.5. The first-order valence-electron chi connectivity index (χ1n) is 16.3. The number of carbonyl (C=O) groups is 1. The normalized spacial score (nSPS) is 20.6. The van der Waals surface area contributed by atoms with Crippen molar-refractivity contribution in [2.45, 2.75) is 68.9 Å². The lowest BCUT2D eigenvalue weighted by Gasteiger charge is -2.43. The average molecular weight is 721 g/mol. The third-order valence-corrected chi connectivity index (χ3v) is 10.8. The van der Waals surface area contributed by atoms with Crippen LogP contribution < -0.4 is 15.3 Å². The van der Waals surface area contributed by atoms with Crippen LogP contribution in [-0.4, -0.2) is 111 Å². The number of benzene rings is 2. The van der Waals surface area contributed by atoms with E-state index < -0.39 is 57.6 Å². The Morgan fingerprint density at radius 1 is 1.16 bits per heavy atom. The number of nitrogens with one attached hydrogen (secondary N) is 1. The summed E-state index contributed by atoms with van der Waals surface area (Å²) in [5, 5.41) is 34.9. The van der Waals surface area contributed by atoms with E-state index in [0.717, 1.165) is 10.5 Å². The SMILES string of the molecule is COC(=NCCCC(C)(C)CN(C[C@@H](O)[C@H](Cc1ccccc1)N(C(=O)[O-])[C@H]1CO[C@H]2OCC[C@H]21)S(=O)(=O)c1ccc(OC)cc1)N[N+](=O)[O-]. The molecule has 0 saturated carbocycles. The van der Waals surface area contributed by atoms with Gasteiger partial charge in [-0.2, -0.15) is 4.31 Å². The summed E-state index contributed by atoms with van der Waals surface area (Å²) >= 11 is 0. The van der Waals surface area contributed by atoms with Gasteiger partial charge >= 0.3 is 6.02 Å². The average Bonchev–Trinajstić information content (AvgIpc) is 3.71. The number of nitrogens with zero attached hydrogens (tertiary/aromatic N) is 4. The molecule has 4 rings (SSSR count). The number of carboxylic acid groups (broad SMARTS) is 1. The van der Waals surface area contributed by atoms with Crippen molar-refractivity contribution in [2.75, 3.05) is 47.1 Å². The lowest BCUT2D eigenvalue weighted by Crippen LogP contribution is -2.61. The fraction of sp³-hybridized carbons (Fsp3) is 0.576. The van der Waals surface area contributed by atoms with E-state index in [1.807, 2.05) is 37.5 Å². The number of methoxy groups -OCH3 is 2. The minimum atomic E-state index is -4.24. The van der Waals surface area contributed by atoms with Crippen LogP contribution in [0.15, 0.2) is 64.5 Å². The second-order valence-corrected chi connectivity index (χ2v) is 15.0. The van der Waals surface area contributed by atoms with Gasteiger partial charge in [-0.1, -0.05) is 49.6 Å². The number of rotatable bonds is 17. The molecule has 276 valence electrons. The highest BCUT2D eigenvalue weighted by Crippen LogP contribution is 2.36. The number of ether oxygens (including phenoxy) is 4. The minimum Gasteiger partial charge on any atom is -0.530 e. The summed E-state index contributed by atoms with van der Waals surface area (Å²) < 4.78 is 51.2. The molecule has 0 bridgehead atoms. The lowest BCUT2D eigenvalue weighted by atomic mass is 9.87. The van der Waals surface area contributed by atoms with Crippen molar-refractivity contribution in [3.63, 3.8) is 0 Å². The summed E-state index contributed by atoms with van der Waals surface area (Å²) in [6.45, 7) is 3.85. The van der Waals surface area contributed by atoms with Crippen LogP contribution in [0.5, 0.6) is 5.75 Å². The van der Waals surface area contributed by atoms with Gasteiger partial charge in [0.1, 0.15) is 11.8 Å². The van der Waals surface area contributed by atoms with Crippen LogP contribution in [0.3, 0.4) is 0 Å². The number of fused-ring (bicyclic) bond motifs is 1. The van der Waals surface area contributed by atoms with Crippen LogP contribution in [0.2, 0.25) is 0 Å². The molecule has 2 fully saturated rings. The largest absolute Gasteiger partial charge is 0.530 e. The van der Waals surface area contributed by atoms with Gasteiger partial charge in [-0.3, -0.25) is 0 Å². The van der Waals surface area contributed by atoms with Gasteiger partial charge in [-0.25, -0.2) is 23.5 Å². The Bertz CT molecular complexity index is 1560. The molecule has 17 heteroatoms. The van der Waals surface area contributed by atoms with Crippen LogP contribution in [0.25, 0.3) is 0 Å². The van der Waals surface area contributed by atoms with E-state index in [1.165, 1.54) is 42.8 Å². The molecule has 2 aromatic rings. The number of aliphatic hydroxyl groups is 1. The van der Waals surface area contributed by atoms with E-state index in [2.05, 4.69) is 4.99 Å². The number of hydrogen-bond donors (Lipinski definition) is 2. The maximum Gasteiger partial charge on any atom is 0.344 e. The number of carbonyl (C=O) groups excluding carboxylic acids is 1. The molecule has 5 atom stereocenters. The molecule has 0 aliphatic carbocycles. The summed E-state index contributed by atoms with van der Waals surface area (Å²) in [7, 11) is -1.53. The van der Waals surface area contributed by atoms with Gasteiger partial charge in [0.05, 0.1) is 50.5 Å². The summed E-state index contributed by atoms with van der Waals surface area (Å²) in [5.41, 5.74) is 1.92. The van der Waals surface area contributed by atoms with Gasteiger partial charge in [0, 0.05) is 25.6 Å². The molecule has 16 nitrogen and oxygen atoms in total. The molecule has 2 N–H and O–H groups in total. The van der Waals surface area contributed by atoms with Crippen LogP contribution in [0, 0.1) is 21.4 Å². The number of amides is 1. The highest BCUT2D eigenvalue weighted by Gasteiger charge is 2.47. The molecule has 0 radical (unpaired) electrons. The lowest BCUT2D eigenvalue weighted by molar-refractivity contribution is -0.527. The third-order valence-electron chi connectivity index (χ3n) is 9.01. The van der Waals surface area contributed by atoms with Crippen molar-refractivity contribution in [1.82, 2.24) is 14.6 Å². The van der Waals surface area contributed by atoms with Crippen molar-refractivity contribution in [1.29, 1.82) is 0 Å². The predicted molar refractivity (Wildman–Crippen MR) is 179 cm³/mol. The number of hydrazine groups is 1. The number of amidine groups is 1. The van der Waals surface area contributed by atoms with Crippen LogP contribution >= 0.6 is 0 Å². The van der Waals surface area contributed by atoms with Gasteiger partial charge in [-0.15, -0.1) is 0 Å². The van der Waals surface area contributed by atoms with E-state index in [9.17, 15) is 33.5 Å². The molecule has 0 unspecified atom stereocenters. The Labute approximate surface area is 292 Å². The molecule has 2 saturated heterocycles. The number of aliphatic hydroxyl groups excluding tert-OH is 1. The molecule has 2 aromatic carbocycles. The maximum atomic E-state index is 14.3. The smallest absolute Gasteiger partial charge is 0.344 e. The summed E-state index contributed by atoms with van der Waals surface area (Å²) in [4.78, 5) is 28.8. The molecule has 0 spiro atoms. The molecule has 1 amide bonds. The van der Waals surface area contributed by atoms with Crippen LogP contribution in [-0.2, 0) is 30.7 Å². The molecule has 0 aromatic heterocycles. The highest BCUT2D eigenvalue weighted by molar-refractivity contribution is 7.89. The van der Waals surface area contributed by atoms with Gasteiger partial charge in [0.15, 0.2) is 11.3 Å². The predicted octanol–water partition coefficient (Wildman–Crippen LogP) is 1.65. The second-order valence-electron chi connectivity index (χ2n) is 13.1. The molecular weight excluding hydrogens is 674 g/mol. The third kappa shape index (κ3) is 10.0. The van der Waals surface area contributed by atoms with Gasteiger partial charge < -0.3 is 38.9 Å². The summed E-state index contributed by atoms with van der Waals surface area (Å²) in [5.74, 6) is 0.192. The standard InChI is InChI=1S/C33H47N5O11S/c1-33(2,16-8-17-34-31(47-4)35-38(42)43)22-36(50(44,45)25-13-11-24(46-3)12-14-25)20-29(39)27(19-23-9-6-5-7-10-23)37(32(40)41)28-21-49-30-26(28)15-18-48-30/h5-7,9-14,26-30,39H,8,15-22H2,1-4H3,(H,34,35)(H,40,41)/p-1/t26-,27-,28-,29+,30+/m0/s1. The fourth-order valence-electron chi connectivity index (χ4n) is 6.51. The Kier molecular flexibility index (Phi) is 13.4. The number of aliphatic imine (C=N–C) groups is 1. The van der Waals surface area contributed by atoms with Gasteiger partial charge in [0.2, 0.25) is 10.0 Å². The van der Waals surface area contributed by atoms with Crippen molar-refractivity contribution < 1.29 is 47.4 Å². The van der Waals surface area contributed by atoms with Crippen LogP contribution in [0.4, 0.5) is 4.79 Å². The van der Waals surface area contributed by atoms with E-state index in [4.69, 9.17) is 18.9 Å². The molecule has 2 heterocycles. The first-order chi connectivity index (χ1) is 23.8. The second kappa shape index (κ2) is 17.3. The fourth-order valence-corrected chi connectivity index (χ4v) is 8.16. The monoisotopic (exact) mass is 720 g/mol. The van der Waals surface area contributed by atoms with Crippen molar-refractivity contribution in [2.24, 2.45) is 16.3 Å². The molecular formula is C33H46N5O11S-. The number of hydrogen-bond acceptors (Lipinski definition) is 12. The maximum absolute atomic E-state index is 14.3. The minimum absolute atomic E-state index is 0.0343. The topological polar surface area (TPSA) is 205 Å². The van der Waals surface area contributed by atoms with Crippen LogP contribution in [0.1, 0.15) is 38.7 Å². The molecule has 50 heavy (non-hydrogen) atoms. The van der Waals surface area contributed by atoms with Gasteiger partial charge in [-0.05, 0) is 60.9 Å². The Hall–Kier alpha value is -4.03. The van der Waals surface area contributed by atoms with E-state index in [0.29, 0.717) is 31.6 Å². The molecule has 2 aliphatic rings. The van der Waals surface area contributed by atoms with E-state index in [-0.39, 0.29) is 43.0 Å². The highest BCUT2D eigenvalue weighted by atomic mass is 32.2. The number of nitro groups is 1. The first kappa shape index (κ1) is 38.8.